The summed E-state index contributed by atoms with van der Waals surface area (Å²) in [5.41, 5.74) is 2.12. The number of nitrogens with one attached hydrogen (secondary N) is 2. The molecule has 0 fully saturated rings. The van der Waals surface area contributed by atoms with Gasteiger partial charge in [0.25, 0.3) is 10.2 Å². The van der Waals surface area contributed by atoms with Crippen molar-refractivity contribution < 1.29 is 8.42 Å². The lowest BCUT2D eigenvalue weighted by Crippen LogP contribution is -2.38. The molecule has 1 aromatic rings. The van der Waals surface area contributed by atoms with Crippen LogP contribution in [0.25, 0.3) is 0 Å². The van der Waals surface area contributed by atoms with E-state index in [1.54, 1.807) is 7.05 Å². The molecule has 0 aliphatic heterocycles. The number of benzene rings is 1. The maximum Gasteiger partial charge on any atom is 0.279 e. The third-order valence-electron chi connectivity index (χ3n) is 2.89. The number of hydrogen-bond acceptors (Lipinski definition) is 3. The second-order valence-corrected chi connectivity index (χ2v) is 6.45. The van der Waals surface area contributed by atoms with Crippen molar-refractivity contribution in [2.45, 2.75) is 19.9 Å². The Balaban J connectivity index is 2.47. The molecule has 19 heavy (non-hydrogen) atoms. The van der Waals surface area contributed by atoms with E-state index >= 15 is 0 Å². The van der Waals surface area contributed by atoms with E-state index in [4.69, 9.17) is 0 Å². The zero-order valence-electron chi connectivity index (χ0n) is 11.8. The van der Waals surface area contributed by atoms with Crippen molar-refractivity contribution in [1.82, 2.24) is 14.3 Å². The van der Waals surface area contributed by atoms with Gasteiger partial charge in [-0.3, -0.25) is 0 Å². The average Bonchev–Trinajstić information content (AvgIpc) is 2.38. The number of hydrogen-bond donors (Lipinski definition) is 2. The Labute approximate surface area is 116 Å². The van der Waals surface area contributed by atoms with Gasteiger partial charge in [-0.15, -0.1) is 0 Å². The standard InChI is InChI=1S/C13H23N3O2S/c1-12-5-7-13(8-6-12)11-15-19(17,18)16(3)10-4-9-14-2/h5-8,14-15H,4,9-11H2,1-3H3. The molecule has 0 atom stereocenters. The first kappa shape index (κ1) is 16.1. The van der Waals surface area contributed by atoms with Gasteiger partial charge in [-0.2, -0.15) is 17.4 Å². The molecule has 0 spiro atoms. The highest BCUT2D eigenvalue weighted by molar-refractivity contribution is 7.87. The minimum Gasteiger partial charge on any atom is -0.320 e. The van der Waals surface area contributed by atoms with Crippen LogP contribution in [-0.2, 0) is 16.8 Å². The Morgan fingerprint density at radius 1 is 1.21 bits per heavy atom. The summed E-state index contributed by atoms with van der Waals surface area (Å²) in [5, 5.41) is 3.00. The molecule has 0 amide bonds. The Morgan fingerprint density at radius 2 is 1.84 bits per heavy atom. The number of aryl methyl sites for hydroxylation is 1. The summed E-state index contributed by atoms with van der Waals surface area (Å²) in [5.74, 6) is 0. The molecular weight excluding hydrogens is 262 g/mol. The SMILES string of the molecule is CNCCCN(C)S(=O)(=O)NCc1ccc(C)cc1. The molecule has 0 radical (unpaired) electrons. The highest BCUT2D eigenvalue weighted by Gasteiger charge is 2.16. The highest BCUT2D eigenvalue weighted by atomic mass is 32.2. The van der Waals surface area contributed by atoms with Crippen molar-refractivity contribution in [1.29, 1.82) is 0 Å². The van der Waals surface area contributed by atoms with Crippen molar-refractivity contribution in [2.75, 3.05) is 27.2 Å². The van der Waals surface area contributed by atoms with E-state index in [9.17, 15) is 8.42 Å². The van der Waals surface area contributed by atoms with Crippen molar-refractivity contribution in [3.8, 4) is 0 Å². The zero-order valence-corrected chi connectivity index (χ0v) is 12.6. The lowest BCUT2D eigenvalue weighted by Gasteiger charge is -2.17. The summed E-state index contributed by atoms with van der Waals surface area (Å²) in [4.78, 5) is 0. The maximum absolute atomic E-state index is 12.0. The summed E-state index contributed by atoms with van der Waals surface area (Å²) in [6, 6.07) is 7.80. The second-order valence-electron chi connectivity index (χ2n) is 4.59. The Morgan fingerprint density at radius 3 is 2.42 bits per heavy atom. The van der Waals surface area contributed by atoms with Crippen LogP contribution in [0, 0.1) is 6.92 Å². The van der Waals surface area contributed by atoms with Gasteiger partial charge in [0.1, 0.15) is 0 Å². The zero-order chi connectivity index (χ0) is 14.3. The second kappa shape index (κ2) is 7.59. The van der Waals surface area contributed by atoms with E-state index in [1.807, 2.05) is 38.2 Å². The fourth-order valence-electron chi connectivity index (χ4n) is 1.59. The van der Waals surface area contributed by atoms with Gasteiger partial charge in [0.05, 0.1) is 0 Å². The van der Waals surface area contributed by atoms with Crippen molar-refractivity contribution in [3.63, 3.8) is 0 Å². The Hall–Kier alpha value is -0.950. The maximum atomic E-state index is 12.0. The van der Waals surface area contributed by atoms with Crippen LogP contribution in [0.5, 0.6) is 0 Å². The molecule has 5 nitrogen and oxygen atoms in total. The molecular formula is C13H23N3O2S. The van der Waals surface area contributed by atoms with Crippen LogP contribution in [0.3, 0.4) is 0 Å². The molecule has 0 aromatic heterocycles. The first-order valence-electron chi connectivity index (χ1n) is 6.37. The third-order valence-corrected chi connectivity index (χ3v) is 4.40. The smallest absolute Gasteiger partial charge is 0.279 e. The molecule has 0 aliphatic rings. The van der Waals surface area contributed by atoms with Crippen LogP contribution in [0.2, 0.25) is 0 Å². The summed E-state index contributed by atoms with van der Waals surface area (Å²) in [6.07, 6.45) is 0.790. The molecule has 0 unspecified atom stereocenters. The Bertz CT molecular complexity index is 471. The van der Waals surface area contributed by atoms with E-state index in [1.165, 1.54) is 4.31 Å². The van der Waals surface area contributed by atoms with Crippen LogP contribution in [0.4, 0.5) is 0 Å². The lowest BCUT2D eigenvalue weighted by atomic mass is 10.2. The predicted octanol–water partition coefficient (Wildman–Crippen LogP) is 0.871. The van der Waals surface area contributed by atoms with Gasteiger partial charge in [-0.25, -0.2) is 0 Å². The molecule has 0 heterocycles. The molecule has 6 heteroatoms. The summed E-state index contributed by atoms with van der Waals surface area (Å²) >= 11 is 0. The third kappa shape index (κ3) is 5.69. The van der Waals surface area contributed by atoms with Crippen LogP contribution in [0.1, 0.15) is 17.5 Å². The summed E-state index contributed by atoms with van der Waals surface area (Å²) in [7, 11) is 0.0482. The molecule has 0 saturated carbocycles. The monoisotopic (exact) mass is 285 g/mol. The van der Waals surface area contributed by atoms with Crippen LogP contribution < -0.4 is 10.0 Å². The van der Waals surface area contributed by atoms with E-state index in [0.29, 0.717) is 13.1 Å². The molecule has 0 aliphatic carbocycles. The minimum absolute atomic E-state index is 0.318. The van der Waals surface area contributed by atoms with Crippen molar-refractivity contribution in [3.05, 3.63) is 35.4 Å². The number of nitrogens with zero attached hydrogens (tertiary/aromatic N) is 1. The normalized spacial score (nSPS) is 12.0. The van der Waals surface area contributed by atoms with Crippen LogP contribution in [-0.4, -0.2) is 39.9 Å². The van der Waals surface area contributed by atoms with Gasteiger partial charge in [0.2, 0.25) is 0 Å². The first-order valence-corrected chi connectivity index (χ1v) is 7.81. The quantitative estimate of drug-likeness (QED) is 0.697. The minimum atomic E-state index is -3.39. The summed E-state index contributed by atoms with van der Waals surface area (Å²) < 4.78 is 27.9. The van der Waals surface area contributed by atoms with Gasteiger partial charge in [-0.05, 0) is 32.5 Å². The number of rotatable bonds is 8. The fourth-order valence-corrected chi connectivity index (χ4v) is 2.53. The van der Waals surface area contributed by atoms with E-state index in [-0.39, 0.29) is 0 Å². The Kier molecular flexibility index (Phi) is 6.44. The largest absolute Gasteiger partial charge is 0.320 e. The van der Waals surface area contributed by atoms with E-state index < -0.39 is 10.2 Å². The van der Waals surface area contributed by atoms with Crippen molar-refractivity contribution in [2.24, 2.45) is 0 Å². The average molecular weight is 285 g/mol. The van der Waals surface area contributed by atoms with E-state index in [2.05, 4.69) is 10.0 Å². The van der Waals surface area contributed by atoms with Gasteiger partial charge < -0.3 is 5.32 Å². The highest BCUT2D eigenvalue weighted by Crippen LogP contribution is 2.04. The van der Waals surface area contributed by atoms with Crippen molar-refractivity contribution >= 4 is 10.2 Å². The van der Waals surface area contributed by atoms with Gasteiger partial charge >= 0.3 is 0 Å². The van der Waals surface area contributed by atoms with Gasteiger partial charge in [0.15, 0.2) is 0 Å². The lowest BCUT2D eigenvalue weighted by molar-refractivity contribution is 0.447. The summed E-state index contributed by atoms with van der Waals surface area (Å²) in [6.45, 7) is 3.63. The molecule has 1 aromatic carbocycles. The predicted molar refractivity (Wildman–Crippen MR) is 78.1 cm³/mol. The van der Waals surface area contributed by atoms with Gasteiger partial charge in [-0.1, -0.05) is 29.8 Å². The molecule has 1 rings (SSSR count). The molecule has 2 N–H and O–H groups in total. The van der Waals surface area contributed by atoms with E-state index in [0.717, 1.165) is 24.1 Å². The topological polar surface area (TPSA) is 61.4 Å². The first-order chi connectivity index (χ1) is 8.95. The van der Waals surface area contributed by atoms with Crippen LogP contribution >= 0.6 is 0 Å². The molecule has 108 valence electrons. The molecule has 0 bridgehead atoms. The fraction of sp³-hybridized carbons (Fsp3) is 0.538. The van der Waals surface area contributed by atoms with Crippen LogP contribution in [0.15, 0.2) is 24.3 Å². The molecule has 0 saturated heterocycles. The van der Waals surface area contributed by atoms with Gasteiger partial charge in [0, 0.05) is 20.1 Å².